The molecule has 1 aliphatic heterocycles. The number of fused-ring (bicyclic) bond motifs is 2. The second kappa shape index (κ2) is 9.97. The van der Waals surface area contributed by atoms with E-state index in [0.717, 1.165) is 22.0 Å². The first-order chi connectivity index (χ1) is 16.7. The van der Waals surface area contributed by atoms with Gasteiger partial charge in [-0.15, -0.1) is 0 Å². The third-order valence-electron chi connectivity index (χ3n) is 5.74. The molecule has 0 saturated carbocycles. The van der Waals surface area contributed by atoms with Crippen molar-refractivity contribution < 1.29 is 9.47 Å². The third kappa shape index (κ3) is 5.05. The highest BCUT2D eigenvalue weighted by molar-refractivity contribution is 7.80. The lowest BCUT2D eigenvalue weighted by Gasteiger charge is -2.26. The number of benzene rings is 3. The molecule has 0 unspecified atom stereocenters. The van der Waals surface area contributed by atoms with E-state index in [2.05, 4.69) is 34.6 Å². The lowest BCUT2D eigenvalue weighted by molar-refractivity contribution is 0.172. The van der Waals surface area contributed by atoms with Crippen molar-refractivity contribution >= 4 is 28.2 Å². The van der Waals surface area contributed by atoms with Gasteiger partial charge in [0.1, 0.15) is 13.2 Å². The molecule has 4 aromatic rings. The maximum atomic E-state index is 13.0. The van der Waals surface area contributed by atoms with Crippen molar-refractivity contribution in [1.29, 1.82) is 0 Å². The minimum absolute atomic E-state index is 0.145. The lowest BCUT2D eigenvalue weighted by Crippen LogP contribution is -2.39. The van der Waals surface area contributed by atoms with Crippen LogP contribution in [0.1, 0.15) is 16.7 Å². The molecule has 0 spiro atoms. The highest BCUT2D eigenvalue weighted by Crippen LogP contribution is 2.33. The third-order valence-corrected chi connectivity index (χ3v) is 6.14. The Morgan fingerprint density at radius 1 is 0.882 bits per heavy atom. The second-order valence-corrected chi connectivity index (χ2v) is 8.58. The Bertz CT molecular complexity index is 1360. The summed E-state index contributed by atoms with van der Waals surface area (Å²) in [5, 5.41) is 4.83. The fourth-order valence-corrected chi connectivity index (χ4v) is 4.20. The summed E-state index contributed by atoms with van der Waals surface area (Å²) in [4.78, 5) is 18.0. The summed E-state index contributed by atoms with van der Waals surface area (Å²) in [6.45, 7) is 2.58. The van der Waals surface area contributed by atoms with E-state index < -0.39 is 0 Å². The van der Waals surface area contributed by atoms with Crippen molar-refractivity contribution in [2.45, 2.75) is 19.6 Å². The van der Waals surface area contributed by atoms with Crippen molar-refractivity contribution in [1.82, 2.24) is 15.2 Å². The van der Waals surface area contributed by atoms with Gasteiger partial charge in [-0.1, -0.05) is 60.7 Å². The maximum Gasteiger partial charge on any atom is 0.253 e. The molecule has 3 aromatic carbocycles. The number of hydrogen-bond acceptors (Lipinski definition) is 4. The molecule has 0 saturated heterocycles. The molecule has 0 atom stereocenters. The van der Waals surface area contributed by atoms with Crippen molar-refractivity contribution in [3.05, 3.63) is 106 Å². The molecular weight excluding hydrogens is 446 g/mol. The van der Waals surface area contributed by atoms with Gasteiger partial charge in [-0.05, 0) is 35.5 Å². The molecule has 172 valence electrons. The van der Waals surface area contributed by atoms with Crippen LogP contribution in [0.4, 0.5) is 0 Å². The molecule has 0 bridgehead atoms. The normalized spacial score (nSPS) is 12.4. The van der Waals surface area contributed by atoms with Crippen LogP contribution in [0.2, 0.25) is 0 Å². The number of H-pyrrole nitrogens is 1. The molecule has 0 radical (unpaired) electrons. The summed E-state index contributed by atoms with van der Waals surface area (Å²) in [6, 6.07) is 25.9. The van der Waals surface area contributed by atoms with Gasteiger partial charge in [0.2, 0.25) is 0 Å². The standard InChI is InChI=1S/C27H25N3O3S/c31-26-22(13-21-14-24-25(15-23(21)29-26)33-12-11-32-24)18-30(17-20-9-5-2-6-10-20)27(34)28-16-19-7-3-1-4-8-19/h1-10,13-15H,11-12,16-18H2,(H,28,34)(H,29,31). The van der Waals surface area contributed by atoms with E-state index in [1.165, 1.54) is 0 Å². The van der Waals surface area contributed by atoms with Gasteiger partial charge in [-0.2, -0.15) is 0 Å². The monoisotopic (exact) mass is 471 g/mol. The maximum absolute atomic E-state index is 13.0. The molecule has 7 heteroatoms. The van der Waals surface area contributed by atoms with Crippen molar-refractivity contribution in [3.8, 4) is 11.5 Å². The smallest absolute Gasteiger partial charge is 0.253 e. The Morgan fingerprint density at radius 3 is 2.24 bits per heavy atom. The quantitative estimate of drug-likeness (QED) is 0.407. The Kier molecular flexibility index (Phi) is 6.44. The van der Waals surface area contributed by atoms with E-state index in [1.54, 1.807) is 0 Å². The molecular formula is C27H25N3O3S. The number of hydrogen-bond donors (Lipinski definition) is 2. The molecule has 2 heterocycles. The average molecular weight is 472 g/mol. The van der Waals surface area contributed by atoms with Crippen LogP contribution in [0, 0.1) is 0 Å². The molecule has 6 nitrogen and oxygen atoms in total. The van der Waals surface area contributed by atoms with Crippen LogP contribution < -0.4 is 20.3 Å². The summed E-state index contributed by atoms with van der Waals surface area (Å²) in [7, 11) is 0. The van der Waals surface area contributed by atoms with Crippen LogP contribution in [-0.4, -0.2) is 28.2 Å². The first-order valence-corrected chi connectivity index (χ1v) is 11.6. The van der Waals surface area contributed by atoms with Gasteiger partial charge >= 0.3 is 0 Å². The average Bonchev–Trinajstić information content (AvgIpc) is 2.87. The van der Waals surface area contributed by atoms with Crippen molar-refractivity contribution in [2.75, 3.05) is 13.2 Å². The Morgan fingerprint density at radius 2 is 1.53 bits per heavy atom. The van der Waals surface area contributed by atoms with Crippen LogP contribution in [-0.2, 0) is 19.6 Å². The van der Waals surface area contributed by atoms with E-state index in [0.29, 0.717) is 55.0 Å². The van der Waals surface area contributed by atoms with Crippen molar-refractivity contribution in [2.24, 2.45) is 0 Å². The number of nitrogens with zero attached hydrogens (tertiary/aromatic N) is 1. The Labute approximate surface area is 203 Å². The van der Waals surface area contributed by atoms with E-state index in [4.69, 9.17) is 21.7 Å². The van der Waals surface area contributed by atoms with Gasteiger partial charge in [0.25, 0.3) is 5.56 Å². The van der Waals surface area contributed by atoms with Gasteiger partial charge < -0.3 is 24.7 Å². The highest BCUT2D eigenvalue weighted by atomic mass is 32.1. The minimum atomic E-state index is -0.145. The molecule has 2 N–H and O–H groups in total. The Balaban J connectivity index is 1.41. The molecule has 0 aliphatic carbocycles. The van der Waals surface area contributed by atoms with Gasteiger partial charge in [-0.3, -0.25) is 4.79 Å². The molecule has 5 rings (SSSR count). The van der Waals surface area contributed by atoms with Crippen LogP contribution in [0.25, 0.3) is 10.9 Å². The fraction of sp³-hybridized carbons (Fsp3) is 0.185. The number of ether oxygens (including phenoxy) is 2. The first-order valence-electron chi connectivity index (χ1n) is 11.2. The van der Waals surface area contributed by atoms with Gasteiger partial charge in [-0.25, -0.2) is 0 Å². The van der Waals surface area contributed by atoms with Crippen molar-refractivity contribution in [3.63, 3.8) is 0 Å². The predicted octanol–water partition coefficient (Wildman–Crippen LogP) is 4.38. The predicted molar refractivity (Wildman–Crippen MR) is 137 cm³/mol. The second-order valence-electron chi connectivity index (χ2n) is 8.19. The SMILES string of the molecule is O=c1[nH]c2cc3c(cc2cc1CN(Cc1ccccc1)C(=S)NCc1ccccc1)OCCO3. The van der Waals surface area contributed by atoms with E-state index in [-0.39, 0.29) is 5.56 Å². The van der Waals surface area contributed by atoms with E-state index >= 15 is 0 Å². The van der Waals surface area contributed by atoms with Crippen LogP contribution in [0.15, 0.2) is 83.7 Å². The number of rotatable bonds is 6. The first kappa shape index (κ1) is 22.0. The number of aromatic nitrogens is 1. The summed E-state index contributed by atoms with van der Waals surface area (Å²) in [5.74, 6) is 1.34. The zero-order chi connectivity index (χ0) is 23.3. The molecule has 34 heavy (non-hydrogen) atoms. The summed E-state index contributed by atoms with van der Waals surface area (Å²) < 4.78 is 11.4. The molecule has 0 amide bonds. The summed E-state index contributed by atoms with van der Waals surface area (Å²) in [5.41, 5.74) is 3.46. The number of thiocarbonyl (C=S) groups is 1. The lowest BCUT2D eigenvalue weighted by atomic mass is 10.1. The zero-order valence-electron chi connectivity index (χ0n) is 18.6. The fourth-order valence-electron chi connectivity index (χ4n) is 4.00. The zero-order valence-corrected chi connectivity index (χ0v) is 19.4. The molecule has 1 aliphatic rings. The number of aromatic amines is 1. The van der Waals surface area contributed by atoms with Crippen LogP contribution >= 0.6 is 12.2 Å². The van der Waals surface area contributed by atoms with E-state index in [1.807, 2.05) is 59.5 Å². The van der Waals surface area contributed by atoms with Gasteiger partial charge in [0.15, 0.2) is 16.6 Å². The minimum Gasteiger partial charge on any atom is -0.486 e. The number of nitrogens with one attached hydrogen (secondary N) is 2. The van der Waals surface area contributed by atoms with Gasteiger partial charge in [0.05, 0.1) is 12.1 Å². The molecule has 1 aromatic heterocycles. The topological polar surface area (TPSA) is 66.6 Å². The summed E-state index contributed by atoms with van der Waals surface area (Å²) in [6.07, 6.45) is 0. The van der Waals surface area contributed by atoms with Crippen LogP contribution in [0.3, 0.4) is 0 Å². The van der Waals surface area contributed by atoms with Crippen LogP contribution in [0.5, 0.6) is 11.5 Å². The van der Waals surface area contributed by atoms with Gasteiger partial charge in [0, 0.05) is 30.1 Å². The van der Waals surface area contributed by atoms with E-state index in [9.17, 15) is 4.79 Å². The molecule has 0 fully saturated rings. The Hall–Kier alpha value is -3.84. The highest BCUT2D eigenvalue weighted by Gasteiger charge is 2.17. The number of pyridine rings is 1. The summed E-state index contributed by atoms with van der Waals surface area (Å²) >= 11 is 5.76. The largest absolute Gasteiger partial charge is 0.486 e.